The summed E-state index contributed by atoms with van der Waals surface area (Å²) in [6.45, 7) is 7.95. The zero-order chi connectivity index (χ0) is 22.0. The Bertz CT molecular complexity index is 946. The van der Waals surface area contributed by atoms with Gasteiger partial charge in [-0.3, -0.25) is 9.59 Å². The van der Waals surface area contributed by atoms with E-state index in [0.29, 0.717) is 24.6 Å². The van der Waals surface area contributed by atoms with Crippen molar-refractivity contribution in [1.29, 1.82) is 0 Å². The smallest absolute Gasteiger partial charge is 0.254 e. The minimum atomic E-state index is -0.292. The molecule has 1 atom stereocenters. The van der Waals surface area contributed by atoms with Crippen molar-refractivity contribution in [2.75, 3.05) is 19.6 Å². The molecule has 2 aliphatic heterocycles. The number of fused-ring (bicyclic) bond motifs is 1. The van der Waals surface area contributed by atoms with E-state index >= 15 is 0 Å². The van der Waals surface area contributed by atoms with E-state index in [0.717, 1.165) is 28.7 Å². The first-order chi connectivity index (χ1) is 15.0. The highest BCUT2D eigenvalue weighted by Gasteiger charge is 2.41. The average molecular weight is 439 g/mol. The molecule has 0 aromatic heterocycles. The largest absolute Gasteiger partial charge is 0.355 e. The fraction of sp³-hybridized carbons (Fsp3) is 0.458. The number of thioether (sulfide) groups is 1. The fourth-order valence-corrected chi connectivity index (χ4v) is 5.05. The molecule has 7 heteroatoms. The molecule has 3 aliphatic rings. The number of amidine groups is 1. The Morgan fingerprint density at radius 1 is 1.19 bits per heavy atom. The molecule has 164 valence electrons. The molecule has 0 saturated heterocycles. The van der Waals surface area contributed by atoms with Crippen LogP contribution in [0.2, 0.25) is 0 Å². The van der Waals surface area contributed by atoms with Crippen molar-refractivity contribution in [3.63, 3.8) is 0 Å². The number of nitrogens with zero attached hydrogens (tertiary/aromatic N) is 3. The fourth-order valence-electron chi connectivity index (χ4n) is 4.08. The number of nitrogens with one attached hydrogen (secondary N) is 1. The zero-order valence-electron chi connectivity index (χ0n) is 18.4. The first-order valence-corrected chi connectivity index (χ1v) is 12.0. The average Bonchev–Trinajstić information content (AvgIpc) is 3.53. The maximum atomic E-state index is 13.5. The molecule has 31 heavy (non-hydrogen) atoms. The molecular formula is C24H30N4O2S. The lowest BCUT2D eigenvalue weighted by Gasteiger charge is -2.38. The number of benzene rings is 1. The van der Waals surface area contributed by atoms with Crippen molar-refractivity contribution in [2.24, 2.45) is 10.9 Å². The lowest BCUT2D eigenvalue weighted by molar-refractivity contribution is -0.127. The third-order valence-corrected chi connectivity index (χ3v) is 6.91. The summed E-state index contributed by atoms with van der Waals surface area (Å²) in [7, 11) is 0. The molecule has 2 amide bonds. The van der Waals surface area contributed by atoms with Crippen LogP contribution < -0.4 is 5.32 Å². The van der Waals surface area contributed by atoms with E-state index in [1.165, 1.54) is 24.6 Å². The molecule has 4 rings (SSSR count). The summed E-state index contributed by atoms with van der Waals surface area (Å²) in [5.74, 6) is 0.673. The van der Waals surface area contributed by atoms with E-state index in [1.807, 2.05) is 61.4 Å². The van der Waals surface area contributed by atoms with Gasteiger partial charge in [0.2, 0.25) is 5.91 Å². The van der Waals surface area contributed by atoms with E-state index in [4.69, 9.17) is 4.99 Å². The number of allylic oxidation sites excluding steroid dienone is 1. The molecule has 1 aromatic carbocycles. The van der Waals surface area contributed by atoms with Gasteiger partial charge in [0.25, 0.3) is 5.91 Å². The number of aliphatic imine (C=N–C) groups is 1. The van der Waals surface area contributed by atoms with Crippen molar-refractivity contribution in [3.05, 3.63) is 58.3 Å². The Hall–Kier alpha value is -2.54. The molecule has 1 aromatic rings. The lowest BCUT2D eigenvalue weighted by atomic mass is 9.92. The van der Waals surface area contributed by atoms with Gasteiger partial charge in [-0.05, 0) is 50.5 Å². The van der Waals surface area contributed by atoms with Crippen molar-refractivity contribution in [2.45, 2.75) is 46.1 Å². The molecule has 1 fully saturated rings. The number of likely N-dealkylation sites (N-methyl/N-ethyl adjacent to an activating group) is 1. The SMILES string of the molecule is CCN(CC)C(=O)C1=C(C)N=C2SC=C(CC(=O)NCC3CC3)N2[C@H]1c1ccccc1. The van der Waals surface area contributed by atoms with Crippen molar-refractivity contribution < 1.29 is 9.59 Å². The number of hydrogen-bond acceptors (Lipinski definition) is 5. The number of hydrogen-bond donors (Lipinski definition) is 1. The standard InChI is InChI=1S/C24H30N4O2S/c1-4-27(5-2)23(30)21-16(3)26-24-28(22(21)18-9-7-6-8-10-18)19(15-31-24)13-20(29)25-14-17-11-12-17/h6-10,15,17,22H,4-5,11-14H2,1-3H3,(H,25,29)/t22-/m0/s1. The van der Waals surface area contributed by atoms with E-state index in [2.05, 4.69) is 10.2 Å². The van der Waals surface area contributed by atoms with Gasteiger partial charge in [0.15, 0.2) is 5.17 Å². The van der Waals surface area contributed by atoms with E-state index in [-0.39, 0.29) is 24.3 Å². The van der Waals surface area contributed by atoms with Gasteiger partial charge in [-0.25, -0.2) is 4.99 Å². The Kier molecular flexibility index (Phi) is 6.51. The van der Waals surface area contributed by atoms with Crippen LogP contribution in [-0.2, 0) is 9.59 Å². The monoisotopic (exact) mass is 438 g/mol. The van der Waals surface area contributed by atoms with Crippen molar-refractivity contribution in [3.8, 4) is 0 Å². The van der Waals surface area contributed by atoms with Crippen LogP contribution in [0, 0.1) is 5.92 Å². The van der Waals surface area contributed by atoms with Crippen molar-refractivity contribution in [1.82, 2.24) is 15.1 Å². The third-order valence-electron chi connectivity index (χ3n) is 6.02. The molecular weight excluding hydrogens is 408 g/mol. The van der Waals surface area contributed by atoms with E-state index in [1.54, 1.807) is 0 Å². The van der Waals surface area contributed by atoms with Gasteiger partial charge < -0.3 is 15.1 Å². The van der Waals surface area contributed by atoms with Crippen LogP contribution in [0.15, 0.2) is 57.7 Å². The minimum absolute atomic E-state index is 0.00795. The predicted octanol–water partition coefficient (Wildman–Crippen LogP) is 4.05. The normalized spacial score (nSPS) is 20.2. The Morgan fingerprint density at radius 3 is 2.55 bits per heavy atom. The van der Waals surface area contributed by atoms with Gasteiger partial charge >= 0.3 is 0 Å². The van der Waals surface area contributed by atoms with Gasteiger partial charge in [0, 0.05) is 25.3 Å². The van der Waals surface area contributed by atoms with E-state index in [9.17, 15) is 9.59 Å². The van der Waals surface area contributed by atoms with Gasteiger partial charge in [-0.15, -0.1) is 0 Å². The maximum Gasteiger partial charge on any atom is 0.254 e. The van der Waals surface area contributed by atoms with Crippen LogP contribution in [0.3, 0.4) is 0 Å². The Balaban J connectivity index is 1.67. The number of amides is 2. The molecule has 0 bridgehead atoms. The highest BCUT2D eigenvalue weighted by atomic mass is 32.2. The number of carbonyl (C=O) groups is 2. The molecule has 1 aliphatic carbocycles. The van der Waals surface area contributed by atoms with Gasteiger partial charge in [-0.1, -0.05) is 42.1 Å². The number of rotatable bonds is 8. The maximum absolute atomic E-state index is 13.5. The molecule has 0 unspecified atom stereocenters. The van der Waals surface area contributed by atoms with E-state index < -0.39 is 0 Å². The summed E-state index contributed by atoms with van der Waals surface area (Å²) >= 11 is 1.52. The third kappa shape index (κ3) is 4.56. The minimum Gasteiger partial charge on any atom is -0.355 e. The lowest BCUT2D eigenvalue weighted by Crippen LogP contribution is -2.42. The van der Waals surface area contributed by atoms with Gasteiger partial charge in [0.05, 0.1) is 23.7 Å². The molecule has 0 radical (unpaired) electrons. The van der Waals surface area contributed by atoms with Crippen molar-refractivity contribution >= 4 is 28.7 Å². The predicted molar refractivity (Wildman–Crippen MR) is 125 cm³/mol. The summed E-state index contributed by atoms with van der Waals surface area (Å²) in [5.41, 5.74) is 3.35. The second-order valence-electron chi connectivity index (χ2n) is 8.21. The van der Waals surface area contributed by atoms with Gasteiger partial charge in [0.1, 0.15) is 0 Å². The molecule has 6 nitrogen and oxygen atoms in total. The topological polar surface area (TPSA) is 65.0 Å². The molecule has 0 spiro atoms. The highest BCUT2D eigenvalue weighted by Crippen LogP contribution is 2.44. The van der Waals surface area contributed by atoms with Crippen LogP contribution in [0.25, 0.3) is 0 Å². The first kappa shape index (κ1) is 21.7. The second-order valence-corrected chi connectivity index (χ2v) is 9.04. The zero-order valence-corrected chi connectivity index (χ0v) is 19.2. The summed E-state index contributed by atoms with van der Waals surface area (Å²) < 4.78 is 0. The van der Waals surface area contributed by atoms with Crippen LogP contribution in [0.5, 0.6) is 0 Å². The summed E-state index contributed by atoms with van der Waals surface area (Å²) in [6, 6.07) is 9.76. The summed E-state index contributed by atoms with van der Waals surface area (Å²) in [5, 5.41) is 5.89. The van der Waals surface area contributed by atoms with Gasteiger partial charge in [-0.2, -0.15) is 0 Å². The number of carbonyl (C=O) groups excluding carboxylic acids is 2. The molecule has 1 N–H and O–H groups in total. The summed E-state index contributed by atoms with van der Waals surface area (Å²) in [4.78, 5) is 34.8. The van der Waals surface area contributed by atoms with Crippen LogP contribution in [-0.4, -0.2) is 46.4 Å². The first-order valence-electron chi connectivity index (χ1n) is 11.1. The van der Waals surface area contributed by atoms with Crippen LogP contribution >= 0.6 is 11.8 Å². The molecule has 2 heterocycles. The van der Waals surface area contributed by atoms with Crippen LogP contribution in [0.1, 0.15) is 51.6 Å². The summed E-state index contributed by atoms with van der Waals surface area (Å²) in [6.07, 6.45) is 2.70. The quantitative estimate of drug-likeness (QED) is 0.665. The molecule has 1 saturated carbocycles. The van der Waals surface area contributed by atoms with Crippen LogP contribution in [0.4, 0.5) is 0 Å². The highest BCUT2D eigenvalue weighted by molar-refractivity contribution is 8.16. The Morgan fingerprint density at radius 2 is 1.90 bits per heavy atom. The Labute approximate surface area is 188 Å². The second kappa shape index (κ2) is 9.30.